The summed E-state index contributed by atoms with van der Waals surface area (Å²) in [6.07, 6.45) is -1.30. The zero-order valence-corrected chi connectivity index (χ0v) is 12.8. The van der Waals surface area contributed by atoms with Crippen molar-refractivity contribution in [1.82, 2.24) is 0 Å². The van der Waals surface area contributed by atoms with Crippen molar-refractivity contribution in [2.75, 3.05) is 13.3 Å². The monoisotopic (exact) mass is 372 g/mol. The fourth-order valence-electron chi connectivity index (χ4n) is 1.47. The van der Waals surface area contributed by atoms with Crippen LogP contribution < -0.4 is 4.74 Å². The number of ether oxygens (including phenoxy) is 2. The summed E-state index contributed by atoms with van der Waals surface area (Å²) in [5.74, 6) is -5.31. The number of benzene rings is 1. The molecule has 0 bridgehead atoms. The SMILES string of the molecule is CC(=O)OC[C@H](CF)Oc1cc(F)c(Br)cc1C(C)(F)F. The van der Waals surface area contributed by atoms with Crippen molar-refractivity contribution in [2.24, 2.45) is 0 Å². The maximum Gasteiger partial charge on any atom is 0.302 e. The third-order valence-electron chi connectivity index (χ3n) is 2.43. The minimum atomic E-state index is -3.31. The minimum Gasteiger partial charge on any atom is -0.483 e. The van der Waals surface area contributed by atoms with Crippen molar-refractivity contribution >= 4 is 21.9 Å². The second-order valence-electron chi connectivity index (χ2n) is 4.35. The predicted octanol–water partition coefficient (Wildman–Crippen LogP) is 3.98. The highest BCUT2D eigenvalue weighted by atomic mass is 79.9. The van der Waals surface area contributed by atoms with E-state index in [2.05, 4.69) is 20.7 Å². The molecule has 0 amide bonds. The molecule has 0 fully saturated rings. The average Bonchev–Trinajstić information content (AvgIpc) is 2.36. The van der Waals surface area contributed by atoms with Crippen molar-refractivity contribution in [3.63, 3.8) is 0 Å². The minimum absolute atomic E-state index is 0.164. The summed E-state index contributed by atoms with van der Waals surface area (Å²) in [6.45, 7) is 0.175. The van der Waals surface area contributed by atoms with Crippen LogP contribution in [-0.2, 0) is 15.5 Å². The van der Waals surface area contributed by atoms with E-state index in [4.69, 9.17) is 4.74 Å². The van der Waals surface area contributed by atoms with E-state index in [9.17, 15) is 22.4 Å². The molecule has 0 aliphatic heterocycles. The number of carbonyl (C=O) groups is 1. The van der Waals surface area contributed by atoms with E-state index in [0.29, 0.717) is 6.92 Å². The third-order valence-corrected chi connectivity index (χ3v) is 3.04. The topological polar surface area (TPSA) is 35.5 Å². The van der Waals surface area contributed by atoms with Gasteiger partial charge in [0.1, 0.15) is 24.8 Å². The first-order valence-electron chi connectivity index (χ1n) is 5.88. The summed E-state index contributed by atoms with van der Waals surface area (Å²) in [7, 11) is 0. The molecule has 0 N–H and O–H groups in total. The van der Waals surface area contributed by atoms with Gasteiger partial charge in [-0.3, -0.25) is 4.79 Å². The number of halogens is 5. The Hall–Kier alpha value is -1.31. The Morgan fingerprint density at radius 1 is 1.43 bits per heavy atom. The molecule has 0 aliphatic carbocycles. The Labute approximate surface area is 127 Å². The van der Waals surface area contributed by atoms with E-state index in [-0.39, 0.29) is 4.47 Å². The fraction of sp³-hybridized carbons (Fsp3) is 0.462. The molecule has 0 radical (unpaired) electrons. The molecule has 1 aromatic carbocycles. The summed E-state index contributed by atoms with van der Waals surface area (Å²) < 4.78 is 62.6. The lowest BCUT2D eigenvalue weighted by atomic mass is 10.1. The number of rotatable bonds is 6. The molecule has 1 rings (SSSR count). The Morgan fingerprint density at radius 2 is 2.05 bits per heavy atom. The first-order valence-corrected chi connectivity index (χ1v) is 6.67. The number of esters is 1. The predicted molar refractivity (Wildman–Crippen MR) is 70.7 cm³/mol. The zero-order valence-electron chi connectivity index (χ0n) is 11.3. The molecule has 8 heteroatoms. The van der Waals surface area contributed by atoms with Crippen LogP contribution in [0, 0.1) is 5.82 Å². The molecule has 3 nitrogen and oxygen atoms in total. The van der Waals surface area contributed by atoms with Crippen LogP contribution >= 0.6 is 15.9 Å². The Balaban J connectivity index is 3.05. The molecule has 0 aromatic heterocycles. The van der Waals surface area contributed by atoms with Gasteiger partial charge in [-0.15, -0.1) is 0 Å². The van der Waals surface area contributed by atoms with Crippen molar-refractivity contribution in [2.45, 2.75) is 25.9 Å². The Morgan fingerprint density at radius 3 is 2.52 bits per heavy atom. The van der Waals surface area contributed by atoms with Crippen LogP contribution in [0.3, 0.4) is 0 Å². The summed E-state index contributed by atoms with van der Waals surface area (Å²) in [4.78, 5) is 10.7. The molecular formula is C13H13BrF4O3. The van der Waals surface area contributed by atoms with E-state index < -0.39 is 48.4 Å². The second-order valence-corrected chi connectivity index (χ2v) is 5.20. The summed E-state index contributed by atoms with van der Waals surface area (Å²) in [6, 6.07) is 1.60. The molecule has 1 atom stereocenters. The number of hydrogen-bond donors (Lipinski definition) is 0. The summed E-state index contributed by atoms with van der Waals surface area (Å²) >= 11 is 2.80. The van der Waals surface area contributed by atoms with Gasteiger partial charge in [0.25, 0.3) is 5.92 Å². The number of hydrogen-bond acceptors (Lipinski definition) is 3. The fourth-order valence-corrected chi connectivity index (χ4v) is 1.81. The molecule has 0 heterocycles. The lowest BCUT2D eigenvalue weighted by Gasteiger charge is -2.21. The van der Waals surface area contributed by atoms with Crippen LogP contribution in [0.2, 0.25) is 0 Å². The Kier molecular flexibility index (Phi) is 6.00. The van der Waals surface area contributed by atoms with Crippen molar-refractivity contribution in [3.05, 3.63) is 28.0 Å². The van der Waals surface area contributed by atoms with Gasteiger partial charge in [-0.05, 0) is 22.0 Å². The second kappa shape index (κ2) is 7.11. The van der Waals surface area contributed by atoms with Crippen LogP contribution in [0.4, 0.5) is 17.6 Å². The van der Waals surface area contributed by atoms with Gasteiger partial charge in [-0.25, -0.2) is 17.6 Å². The number of carbonyl (C=O) groups excluding carboxylic acids is 1. The molecule has 0 saturated carbocycles. The van der Waals surface area contributed by atoms with Gasteiger partial charge in [-0.1, -0.05) is 0 Å². The van der Waals surface area contributed by atoms with Crippen molar-refractivity contribution in [3.8, 4) is 5.75 Å². The van der Waals surface area contributed by atoms with Crippen molar-refractivity contribution in [1.29, 1.82) is 0 Å². The average molecular weight is 373 g/mol. The quantitative estimate of drug-likeness (QED) is 0.559. The molecule has 1 aromatic rings. The van der Waals surface area contributed by atoms with Gasteiger partial charge < -0.3 is 9.47 Å². The molecule has 0 aliphatic rings. The molecule has 21 heavy (non-hydrogen) atoms. The highest BCUT2D eigenvalue weighted by Gasteiger charge is 2.31. The van der Waals surface area contributed by atoms with Crippen molar-refractivity contribution < 1.29 is 31.8 Å². The third kappa shape index (κ3) is 5.18. The normalized spacial score (nSPS) is 12.9. The number of alkyl halides is 3. The van der Waals surface area contributed by atoms with E-state index in [0.717, 1.165) is 19.1 Å². The van der Waals surface area contributed by atoms with E-state index in [1.165, 1.54) is 0 Å². The van der Waals surface area contributed by atoms with Crippen LogP contribution in [-0.4, -0.2) is 25.4 Å². The highest BCUT2D eigenvalue weighted by molar-refractivity contribution is 9.10. The van der Waals surface area contributed by atoms with Crippen LogP contribution in [0.25, 0.3) is 0 Å². The molecule has 0 spiro atoms. The molecule has 0 unspecified atom stereocenters. The maximum atomic E-state index is 13.5. The van der Waals surface area contributed by atoms with Gasteiger partial charge >= 0.3 is 5.97 Å². The van der Waals surface area contributed by atoms with E-state index in [1.807, 2.05) is 0 Å². The smallest absolute Gasteiger partial charge is 0.302 e. The molecular weight excluding hydrogens is 360 g/mol. The maximum absolute atomic E-state index is 13.5. The first kappa shape index (κ1) is 17.7. The molecule has 0 saturated heterocycles. The van der Waals surface area contributed by atoms with Gasteiger partial charge in [0.15, 0.2) is 6.10 Å². The van der Waals surface area contributed by atoms with Gasteiger partial charge in [-0.2, -0.15) is 0 Å². The highest BCUT2D eigenvalue weighted by Crippen LogP contribution is 2.38. The summed E-state index contributed by atoms with van der Waals surface area (Å²) in [5, 5.41) is 0. The van der Waals surface area contributed by atoms with Gasteiger partial charge in [0.2, 0.25) is 0 Å². The summed E-state index contributed by atoms with van der Waals surface area (Å²) in [5.41, 5.74) is -0.600. The van der Waals surface area contributed by atoms with Crippen LogP contribution in [0.1, 0.15) is 19.4 Å². The van der Waals surface area contributed by atoms with Gasteiger partial charge in [0.05, 0.1) is 10.0 Å². The van der Waals surface area contributed by atoms with E-state index >= 15 is 0 Å². The zero-order chi connectivity index (χ0) is 16.2. The lowest BCUT2D eigenvalue weighted by molar-refractivity contribution is -0.143. The van der Waals surface area contributed by atoms with Crippen LogP contribution in [0.15, 0.2) is 16.6 Å². The largest absolute Gasteiger partial charge is 0.483 e. The van der Waals surface area contributed by atoms with Gasteiger partial charge in [0, 0.05) is 19.9 Å². The van der Waals surface area contributed by atoms with Crippen LogP contribution in [0.5, 0.6) is 5.75 Å². The standard InChI is InChI=1S/C13H13BrF4O3/c1-7(19)20-6-8(5-15)21-12-4-11(16)10(14)3-9(12)13(2,17)18/h3-4,8H,5-6H2,1-2H3/t8-/m0/s1. The molecule has 118 valence electrons. The Bertz CT molecular complexity index is 517. The van der Waals surface area contributed by atoms with E-state index in [1.54, 1.807) is 0 Å². The lowest BCUT2D eigenvalue weighted by Crippen LogP contribution is -2.27. The first-order chi connectivity index (χ1) is 9.65.